The Morgan fingerprint density at radius 3 is 2.38 bits per heavy atom. The average molecular weight is 512 g/mol. The van der Waals surface area contributed by atoms with Crippen LogP contribution in [-0.4, -0.2) is 64.9 Å². The van der Waals surface area contributed by atoms with Crippen LogP contribution in [0.4, 0.5) is 10.2 Å². The zero-order chi connectivity index (χ0) is 28.2. The van der Waals surface area contributed by atoms with Gasteiger partial charge in [0.05, 0.1) is 16.9 Å². The van der Waals surface area contributed by atoms with Gasteiger partial charge in [-0.05, 0) is 101 Å². The maximum absolute atomic E-state index is 14.1. The van der Waals surface area contributed by atoms with Crippen molar-refractivity contribution in [2.24, 2.45) is 17.8 Å². The molecule has 37 heavy (non-hydrogen) atoms. The molecule has 1 aromatic heterocycles. The highest BCUT2D eigenvalue weighted by molar-refractivity contribution is 5.95. The molecule has 7 nitrogen and oxygen atoms in total. The monoisotopic (exact) mass is 511 g/mol. The van der Waals surface area contributed by atoms with Crippen LogP contribution in [0.25, 0.3) is 11.3 Å². The third-order valence-corrected chi connectivity index (χ3v) is 7.84. The van der Waals surface area contributed by atoms with Crippen LogP contribution in [0, 0.1) is 23.6 Å². The summed E-state index contributed by atoms with van der Waals surface area (Å²) in [5.74, 6) is 0.618. The molecular formula is C29H40FN5O2. The number of benzene rings is 1. The normalized spacial score (nSPS) is 28.3. The van der Waals surface area contributed by atoms with Gasteiger partial charge in [0, 0.05) is 46.5 Å². The first-order valence-corrected chi connectivity index (χ1v) is 13.3. The first-order chi connectivity index (χ1) is 18.2. The fourth-order valence-electron chi connectivity index (χ4n) is 6.75. The minimum Gasteiger partial charge on any atom is -0.370 e. The van der Waals surface area contributed by atoms with E-state index in [4.69, 9.17) is 7.48 Å². The summed E-state index contributed by atoms with van der Waals surface area (Å²) < 4.78 is 38.5. The maximum Gasteiger partial charge on any atom is 0.251 e. The number of carbonyl (C=O) groups excluding carboxylic acids is 1. The predicted octanol–water partition coefficient (Wildman–Crippen LogP) is 4.75. The van der Waals surface area contributed by atoms with E-state index in [1.165, 1.54) is 19.2 Å². The largest absolute Gasteiger partial charge is 0.370 e. The van der Waals surface area contributed by atoms with Crippen molar-refractivity contribution < 1.29 is 16.7 Å². The van der Waals surface area contributed by atoms with E-state index in [0.29, 0.717) is 28.9 Å². The van der Waals surface area contributed by atoms with Crippen LogP contribution < -0.4 is 10.6 Å². The van der Waals surface area contributed by atoms with E-state index < -0.39 is 12.3 Å². The number of likely N-dealkylation sites (tertiary alicyclic amines) is 1. The van der Waals surface area contributed by atoms with Crippen molar-refractivity contribution in [3.05, 3.63) is 41.7 Å². The third-order valence-electron chi connectivity index (χ3n) is 7.84. The minimum absolute atomic E-state index is 0.0664. The van der Waals surface area contributed by atoms with Gasteiger partial charge in [0.2, 0.25) is 0 Å². The second kappa shape index (κ2) is 9.95. The summed E-state index contributed by atoms with van der Waals surface area (Å²) in [6, 6.07) is 8.00. The molecule has 3 atom stereocenters. The number of hydrogen-bond donors (Lipinski definition) is 2. The Labute approximate surface area is 222 Å². The topological polar surface area (TPSA) is 79.4 Å². The van der Waals surface area contributed by atoms with Crippen molar-refractivity contribution in [1.29, 1.82) is 0 Å². The van der Waals surface area contributed by atoms with E-state index in [9.17, 15) is 9.18 Å². The lowest BCUT2D eigenvalue weighted by atomic mass is 9.80. The second-order valence-corrected chi connectivity index (χ2v) is 12.2. The molecule has 3 heterocycles. The van der Waals surface area contributed by atoms with Crippen molar-refractivity contribution in [1.82, 2.24) is 20.4 Å². The quantitative estimate of drug-likeness (QED) is 0.583. The Morgan fingerprint density at radius 2 is 1.78 bits per heavy atom. The molecule has 2 N–H and O–H groups in total. The van der Waals surface area contributed by atoms with E-state index in [1.807, 2.05) is 6.07 Å². The zero-order valence-electron chi connectivity index (χ0n) is 24.5. The number of halogens is 1. The van der Waals surface area contributed by atoms with Crippen LogP contribution in [0.5, 0.6) is 0 Å². The van der Waals surface area contributed by atoms with Crippen LogP contribution in [-0.2, 0) is 4.74 Å². The van der Waals surface area contributed by atoms with Gasteiger partial charge in [0.15, 0.2) is 0 Å². The molecular weight excluding hydrogens is 469 g/mol. The highest BCUT2D eigenvalue weighted by Crippen LogP contribution is 2.42. The SMILES string of the molecule is [2H]C([2H])(C1CC(C)(C)OC(C)(C)C1)N1C[C@H]2CC(Nc3ccc(-c4cc(F)cc(C(=O)NC)c4)nn3)C[C@H]2C1. The van der Waals surface area contributed by atoms with Crippen LogP contribution >= 0.6 is 0 Å². The molecule has 0 spiro atoms. The lowest BCUT2D eigenvalue weighted by molar-refractivity contribution is -0.174. The van der Waals surface area contributed by atoms with Gasteiger partial charge in [0.25, 0.3) is 5.91 Å². The molecule has 1 aliphatic carbocycles. The van der Waals surface area contributed by atoms with Gasteiger partial charge in [-0.15, -0.1) is 10.2 Å². The summed E-state index contributed by atoms with van der Waals surface area (Å²) >= 11 is 0. The number of rotatable bonds is 6. The number of ether oxygens (including phenoxy) is 1. The van der Waals surface area contributed by atoms with Gasteiger partial charge in [-0.1, -0.05) is 0 Å². The fraction of sp³-hybridized carbons (Fsp3) is 0.621. The summed E-state index contributed by atoms with van der Waals surface area (Å²) in [5.41, 5.74) is 0.556. The van der Waals surface area contributed by atoms with Crippen molar-refractivity contribution in [3.8, 4) is 11.3 Å². The number of aromatic nitrogens is 2. The molecule has 2 aliphatic heterocycles. The van der Waals surface area contributed by atoms with Crippen molar-refractivity contribution in [2.45, 2.75) is 70.6 Å². The molecule has 3 fully saturated rings. The lowest BCUT2D eigenvalue weighted by Crippen LogP contribution is -2.47. The molecule has 8 heteroatoms. The summed E-state index contributed by atoms with van der Waals surface area (Å²) in [4.78, 5) is 14.0. The van der Waals surface area contributed by atoms with E-state index in [-0.39, 0.29) is 34.6 Å². The summed E-state index contributed by atoms with van der Waals surface area (Å²) in [6.07, 6.45) is 3.36. The first-order valence-electron chi connectivity index (χ1n) is 14.3. The molecule has 0 bridgehead atoms. The highest BCUT2D eigenvalue weighted by atomic mass is 19.1. The standard InChI is InChI=1S/C29H40FN5O2/c1-28(2)13-18(14-29(3,4)37-28)15-35-16-21-11-24(12-22(21)17-35)32-26-7-6-25(33-34-26)19-8-20(27(36)31-5)10-23(30)9-19/h6-10,18,21-22,24H,11-17H2,1-5H3,(H,31,36)(H,32,34)/t21-,22+,24?/i15D2. The van der Waals surface area contributed by atoms with E-state index in [2.05, 4.69) is 53.4 Å². The van der Waals surface area contributed by atoms with Crippen molar-refractivity contribution in [3.63, 3.8) is 0 Å². The van der Waals surface area contributed by atoms with Crippen molar-refractivity contribution in [2.75, 3.05) is 32.0 Å². The fourth-order valence-corrected chi connectivity index (χ4v) is 6.75. The molecule has 1 amide bonds. The Balaban J connectivity index is 1.19. The molecule has 0 radical (unpaired) electrons. The highest BCUT2D eigenvalue weighted by Gasteiger charge is 2.44. The van der Waals surface area contributed by atoms with Crippen LogP contribution in [0.2, 0.25) is 0 Å². The van der Waals surface area contributed by atoms with Gasteiger partial charge >= 0.3 is 0 Å². The van der Waals surface area contributed by atoms with Crippen molar-refractivity contribution >= 4 is 11.7 Å². The molecule has 1 aromatic carbocycles. The van der Waals surface area contributed by atoms with E-state index >= 15 is 0 Å². The Morgan fingerprint density at radius 1 is 1.11 bits per heavy atom. The van der Waals surface area contributed by atoms with Gasteiger partial charge in [-0.25, -0.2) is 4.39 Å². The molecule has 1 unspecified atom stereocenters. The number of anilines is 1. The lowest BCUT2D eigenvalue weighted by Gasteiger charge is -2.46. The minimum atomic E-state index is -1.36. The molecule has 2 aromatic rings. The Hall–Kier alpha value is -2.58. The molecule has 5 rings (SSSR count). The summed E-state index contributed by atoms with van der Waals surface area (Å²) in [5, 5.41) is 14.6. The first kappa shape index (κ1) is 23.5. The maximum atomic E-state index is 14.1. The van der Waals surface area contributed by atoms with Crippen LogP contribution in [0.1, 0.15) is 66.5 Å². The number of fused-ring (bicyclic) bond motifs is 1. The third kappa shape index (κ3) is 6.12. The number of nitrogens with zero attached hydrogens (tertiary/aromatic N) is 3. The zero-order valence-corrected chi connectivity index (χ0v) is 22.5. The van der Waals surface area contributed by atoms with E-state index in [1.54, 1.807) is 12.1 Å². The van der Waals surface area contributed by atoms with Gasteiger partial charge < -0.3 is 20.3 Å². The average Bonchev–Trinajstić information content (AvgIpc) is 3.41. The number of nitrogens with one attached hydrogen (secondary N) is 2. The Bertz CT molecular complexity index is 1190. The summed E-state index contributed by atoms with van der Waals surface area (Å²) in [7, 11) is 1.51. The molecule has 1 saturated carbocycles. The summed E-state index contributed by atoms with van der Waals surface area (Å²) in [6.45, 7) is 8.46. The van der Waals surface area contributed by atoms with Crippen LogP contribution in [0.15, 0.2) is 30.3 Å². The molecule has 200 valence electrons. The second-order valence-electron chi connectivity index (χ2n) is 12.2. The van der Waals surface area contributed by atoms with Gasteiger partial charge in [-0.2, -0.15) is 0 Å². The van der Waals surface area contributed by atoms with Crippen LogP contribution in [0.3, 0.4) is 0 Å². The van der Waals surface area contributed by atoms with Gasteiger partial charge in [0.1, 0.15) is 11.6 Å². The smallest absolute Gasteiger partial charge is 0.251 e. The number of hydrogen-bond acceptors (Lipinski definition) is 6. The van der Waals surface area contributed by atoms with E-state index in [0.717, 1.165) is 38.8 Å². The Kier molecular flexibility index (Phi) is 6.33. The molecule has 3 aliphatic rings. The number of amides is 1. The number of carbonyl (C=O) groups is 1. The molecule has 2 saturated heterocycles. The van der Waals surface area contributed by atoms with Gasteiger partial charge in [-0.3, -0.25) is 4.79 Å². The predicted molar refractivity (Wildman–Crippen MR) is 143 cm³/mol.